The summed E-state index contributed by atoms with van der Waals surface area (Å²) in [4.78, 5) is 15.9. The molecule has 3 aromatic rings. The second-order valence-electron chi connectivity index (χ2n) is 5.33. The van der Waals surface area contributed by atoms with E-state index in [-0.39, 0.29) is 13.2 Å². The van der Waals surface area contributed by atoms with Crippen molar-refractivity contribution in [3.05, 3.63) is 47.7 Å². The van der Waals surface area contributed by atoms with E-state index in [1.807, 2.05) is 23.1 Å². The normalized spacial score (nSPS) is 10.7. The maximum absolute atomic E-state index is 9.16. The molecule has 0 saturated carbocycles. The van der Waals surface area contributed by atoms with Crippen LogP contribution in [0.5, 0.6) is 0 Å². The predicted octanol–water partition coefficient (Wildman–Crippen LogP) is 2.79. The molecule has 3 rings (SSSR count). The number of halogens is 1. The molecular formula is C17H18ClN5O2S. The zero-order valence-corrected chi connectivity index (χ0v) is 15.4. The van der Waals surface area contributed by atoms with Gasteiger partial charge in [0.15, 0.2) is 5.13 Å². The number of nitrogens with zero attached hydrogens (tertiary/aromatic N) is 4. The Labute approximate surface area is 160 Å². The van der Waals surface area contributed by atoms with E-state index in [9.17, 15) is 0 Å². The van der Waals surface area contributed by atoms with Crippen LogP contribution in [0.4, 0.5) is 16.8 Å². The van der Waals surface area contributed by atoms with E-state index in [4.69, 9.17) is 21.8 Å². The standard InChI is InChI=1S/C17H18ClN5O2S/c18-12-4-5-19-16(10-12)22-15-3-1-2-13(21-15)14-11-20-17(26-14)23(6-8-24)7-9-25/h1-5,10-11,24-25H,6-9H2,(H,19,21,22). The van der Waals surface area contributed by atoms with Crippen LogP contribution in [0, 0.1) is 0 Å². The predicted molar refractivity (Wildman–Crippen MR) is 104 cm³/mol. The number of aliphatic hydroxyl groups is 2. The zero-order valence-electron chi connectivity index (χ0n) is 13.8. The van der Waals surface area contributed by atoms with Crippen LogP contribution in [0.25, 0.3) is 10.6 Å². The molecule has 0 aliphatic carbocycles. The van der Waals surface area contributed by atoms with Crippen molar-refractivity contribution in [1.29, 1.82) is 0 Å². The van der Waals surface area contributed by atoms with Crippen LogP contribution in [0.2, 0.25) is 5.02 Å². The van der Waals surface area contributed by atoms with Crippen LogP contribution in [0.3, 0.4) is 0 Å². The summed E-state index contributed by atoms with van der Waals surface area (Å²) in [6.45, 7) is 0.838. The molecule has 136 valence electrons. The lowest BCUT2D eigenvalue weighted by Gasteiger charge is -2.18. The monoisotopic (exact) mass is 391 g/mol. The number of anilines is 3. The van der Waals surface area contributed by atoms with Crippen molar-refractivity contribution in [1.82, 2.24) is 15.0 Å². The largest absolute Gasteiger partial charge is 0.395 e. The lowest BCUT2D eigenvalue weighted by molar-refractivity contribution is 0.281. The smallest absolute Gasteiger partial charge is 0.186 e. The van der Waals surface area contributed by atoms with Gasteiger partial charge in [-0.05, 0) is 24.3 Å². The molecular weight excluding hydrogens is 374 g/mol. The summed E-state index contributed by atoms with van der Waals surface area (Å²) in [5.41, 5.74) is 0.772. The van der Waals surface area contributed by atoms with Crippen molar-refractivity contribution < 1.29 is 10.2 Å². The number of aliphatic hydroxyl groups excluding tert-OH is 2. The highest BCUT2D eigenvalue weighted by Gasteiger charge is 2.12. The zero-order chi connectivity index (χ0) is 18.4. The molecule has 0 fully saturated rings. The first-order valence-electron chi connectivity index (χ1n) is 7.98. The van der Waals surface area contributed by atoms with E-state index in [0.717, 1.165) is 15.7 Å². The highest BCUT2D eigenvalue weighted by atomic mass is 35.5. The van der Waals surface area contributed by atoms with E-state index in [1.165, 1.54) is 11.3 Å². The molecule has 0 unspecified atom stereocenters. The maximum atomic E-state index is 9.16. The molecule has 0 aliphatic rings. The summed E-state index contributed by atoms with van der Waals surface area (Å²) in [5.74, 6) is 1.26. The summed E-state index contributed by atoms with van der Waals surface area (Å²) >= 11 is 7.43. The minimum Gasteiger partial charge on any atom is -0.395 e. The highest BCUT2D eigenvalue weighted by molar-refractivity contribution is 7.18. The Hall–Kier alpha value is -2.26. The van der Waals surface area contributed by atoms with Gasteiger partial charge in [0.2, 0.25) is 0 Å². The van der Waals surface area contributed by atoms with Gasteiger partial charge in [-0.2, -0.15) is 0 Å². The van der Waals surface area contributed by atoms with Crippen molar-refractivity contribution in [3.63, 3.8) is 0 Å². The molecule has 26 heavy (non-hydrogen) atoms. The number of hydrogen-bond donors (Lipinski definition) is 3. The molecule has 0 bridgehead atoms. The summed E-state index contributed by atoms with van der Waals surface area (Å²) in [5, 5.41) is 22.8. The van der Waals surface area contributed by atoms with Gasteiger partial charge < -0.3 is 20.4 Å². The Kier molecular flexibility index (Phi) is 6.35. The SMILES string of the molecule is OCCN(CCO)c1ncc(-c2cccc(Nc3cc(Cl)ccn3)n2)s1. The van der Waals surface area contributed by atoms with Gasteiger partial charge in [0.1, 0.15) is 11.6 Å². The Morgan fingerprint density at radius 1 is 1.08 bits per heavy atom. The first-order valence-corrected chi connectivity index (χ1v) is 9.17. The molecule has 3 N–H and O–H groups in total. The molecule has 0 atom stereocenters. The molecule has 7 nitrogen and oxygen atoms in total. The van der Waals surface area contributed by atoms with Gasteiger partial charge in [-0.1, -0.05) is 29.0 Å². The van der Waals surface area contributed by atoms with Crippen LogP contribution in [-0.4, -0.2) is 51.5 Å². The second kappa shape index (κ2) is 8.91. The second-order valence-corrected chi connectivity index (χ2v) is 6.78. The van der Waals surface area contributed by atoms with Crippen LogP contribution in [0.15, 0.2) is 42.7 Å². The van der Waals surface area contributed by atoms with Crippen molar-refractivity contribution in [2.75, 3.05) is 36.5 Å². The highest BCUT2D eigenvalue weighted by Crippen LogP contribution is 2.30. The minimum absolute atomic E-state index is 0.000790. The topological polar surface area (TPSA) is 94.4 Å². The summed E-state index contributed by atoms with van der Waals surface area (Å²) in [6, 6.07) is 9.07. The Morgan fingerprint density at radius 3 is 2.62 bits per heavy atom. The fraction of sp³-hybridized carbons (Fsp3) is 0.235. The first kappa shape index (κ1) is 18.5. The fourth-order valence-corrected chi connectivity index (χ4v) is 3.42. The van der Waals surface area contributed by atoms with E-state index in [2.05, 4.69) is 20.3 Å². The van der Waals surface area contributed by atoms with Crippen molar-refractivity contribution in [2.45, 2.75) is 0 Å². The maximum Gasteiger partial charge on any atom is 0.186 e. The van der Waals surface area contributed by atoms with Gasteiger partial charge in [-0.25, -0.2) is 15.0 Å². The molecule has 3 aromatic heterocycles. The van der Waals surface area contributed by atoms with Gasteiger partial charge >= 0.3 is 0 Å². The van der Waals surface area contributed by atoms with Crippen molar-refractivity contribution >= 4 is 39.7 Å². The van der Waals surface area contributed by atoms with E-state index < -0.39 is 0 Å². The van der Waals surface area contributed by atoms with Crippen LogP contribution in [-0.2, 0) is 0 Å². The lowest BCUT2D eigenvalue weighted by Crippen LogP contribution is -2.29. The molecule has 0 aliphatic heterocycles. The molecule has 9 heteroatoms. The van der Waals surface area contributed by atoms with Gasteiger partial charge in [-0.3, -0.25) is 0 Å². The number of nitrogens with one attached hydrogen (secondary N) is 1. The van der Waals surface area contributed by atoms with E-state index in [0.29, 0.717) is 29.7 Å². The van der Waals surface area contributed by atoms with E-state index >= 15 is 0 Å². The lowest BCUT2D eigenvalue weighted by atomic mass is 10.3. The number of pyridine rings is 2. The van der Waals surface area contributed by atoms with Gasteiger partial charge in [0.05, 0.1) is 23.8 Å². The van der Waals surface area contributed by atoms with Crippen molar-refractivity contribution in [2.24, 2.45) is 0 Å². The molecule has 0 amide bonds. The van der Waals surface area contributed by atoms with Crippen LogP contribution >= 0.6 is 22.9 Å². The van der Waals surface area contributed by atoms with Gasteiger partial charge in [0, 0.05) is 30.5 Å². The first-order chi connectivity index (χ1) is 12.7. The number of thiazole rings is 1. The number of hydrogen-bond acceptors (Lipinski definition) is 8. The van der Waals surface area contributed by atoms with Crippen LogP contribution in [0.1, 0.15) is 0 Å². The van der Waals surface area contributed by atoms with Gasteiger partial charge in [0.25, 0.3) is 0 Å². The number of aromatic nitrogens is 3. The molecule has 0 aromatic carbocycles. The van der Waals surface area contributed by atoms with Crippen molar-refractivity contribution in [3.8, 4) is 10.6 Å². The average Bonchev–Trinajstić information content (AvgIpc) is 3.12. The fourth-order valence-electron chi connectivity index (χ4n) is 2.32. The third-order valence-corrected chi connectivity index (χ3v) is 4.80. The van der Waals surface area contributed by atoms with Gasteiger partial charge in [-0.15, -0.1) is 0 Å². The molecule has 0 spiro atoms. The average molecular weight is 392 g/mol. The third kappa shape index (κ3) is 4.67. The third-order valence-electron chi connectivity index (χ3n) is 3.48. The Bertz CT molecular complexity index is 854. The molecule has 0 radical (unpaired) electrons. The van der Waals surface area contributed by atoms with Crippen LogP contribution < -0.4 is 10.2 Å². The molecule has 3 heterocycles. The summed E-state index contributed by atoms with van der Waals surface area (Å²) in [7, 11) is 0. The minimum atomic E-state index is -0.000790. The number of rotatable bonds is 8. The Morgan fingerprint density at radius 2 is 1.88 bits per heavy atom. The van der Waals surface area contributed by atoms with E-state index in [1.54, 1.807) is 24.5 Å². The quantitative estimate of drug-likeness (QED) is 0.543. The Balaban J connectivity index is 1.80. The molecule has 0 saturated heterocycles. The summed E-state index contributed by atoms with van der Waals surface area (Å²) in [6.07, 6.45) is 3.37. The summed E-state index contributed by atoms with van der Waals surface area (Å²) < 4.78 is 0.